The fraction of sp³-hybridized carbons (Fsp3) is 0.600. The number of nitrogens with zero attached hydrogens (tertiary/aromatic N) is 2. The summed E-state index contributed by atoms with van der Waals surface area (Å²) in [6, 6.07) is 1.97. The van der Waals surface area contributed by atoms with E-state index in [1.165, 1.54) is 25.7 Å². The van der Waals surface area contributed by atoms with Gasteiger partial charge < -0.3 is 4.74 Å². The largest absolute Gasteiger partial charge is 0.464 e. The Balaban J connectivity index is 2.03. The van der Waals surface area contributed by atoms with Gasteiger partial charge in [-0.05, 0) is 25.7 Å². The molecule has 0 aromatic carbocycles. The molecule has 1 aliphatic carbocycles. The molecular weight excluding hydrogens is 224 g/mol. The van der Waals surface area contributed by atoms with E-state index in [1.807, 2.05) is 6.07 Å². The third kappa shape index (κ3) is 3.46. The summed E-state index contributed by atoms with van der Waals surface area (Å²) in [6.07, 6.45) is 6.70. The predicted octanol–water partition coefficient (Wildman–Crippen LogP) is 3.17. The fourth-order valence-electron chi connectivity index (χ4n) is 2.54. The number of ether oxygens (including phenoxy) is 1. The number of rotatable bonds is 3. The van der Waals surface area contributed by atoms with Gasteiger partial charge in [-0.1, -0.05) is 25.7 Å². The fourth-order valence-corrected chi connectivity index (χ4v) is 2.54. The number of hydrogen-bond donors (Lipinski definition) is 0. The van der Waals surface area contributed by atoms with Crippen LogP contribution in [0.4, 0.5) is 0 Å². The molecule has 0 bridgehead atoms. The lowest BCUT2D eigenvalue weighted by molar-refractivity contribution is 0.332. The van der Waals surface area contributed by atoms with Crippen LogP contribution in [0.3, 0.4) is 0 Å². The highest BCUT2D eigenvalue weighted by Gasteiger charge is 2.21. The van der Waals surface area contributed by atoms with E-state index in [0.29, 0.717) is 18.4 Å². The van der Waals surface area contributed by atoms with E-state index < -0.39 is 0 Å². The lowest BCUT2D eigenvalue weighted by Crippen LogP contribution is -2.13. The van der Waals surface area contributed by atoms with Crippen LogP contribution in [0.15, 0.2) is 12.4 Å². The van der Waals surface area contributed by atoms with Gasteiger partial charge in [0.05, 0.1) is 5.69 Å². The third-order valence-electron chi connectivity index (χ3n) is 3.49. The first-order valence-electron chi connectivity index (χ1n) is 6.64. The lowest BCUT2D eigenvalue weighted by Gasteiger charge is -2.26. The first-order chi connectivity index (χ1) is 8.79. The minimum Gasteiger partial charge on any atom is -0.464 e. The lowest BCUT2D eigenvalue weighted by atomic mass is 9.81. The van der Waals surface area contributed by atoms with Crippen LogP contribution in [0, 0.1) is 17.8 Å². The van der Waals surface area contributed by atoms with Crippen molar-refractivity contribution in [3.05, 3.63) is 18.1 Å². The van der Waals surface area contributed by atoms with E-state index in [4.69, 9.17) is 4.74 Å². The van der Waals surface area contributed by atoms with Crippen molar-refractivity contribution in [2.24, 2.45) is 5.92 Å². The summed E-state index contributed by atoms with van der Waals surface area (Å²) < 4.78 is 5.48. The van der Waals surface area contributed by atoms with Crippen LogP contribution in [0.2, 0.25) is 0 Å². The van der Waals surface area contributed by atoms with Crippen molar-refractivity contribution < 1.29 is 4.74 Å². The highest BCUT2D eigenvalue weighted by Crippen LogP contribution is 2.35. The molecule has 2 unspecified atom stereocenters. The number of aromatic nitrogens is 2. The van der Waals surface area contributed by atoms with E-state index in [0.717, 1.165) is 11.6 Å². The van der Waals surface area contributed by atoms with Gasteiger partial charge in [0.15, 0.2) is 6.61 Å². The van der Waals surface area contributed by atoms with Crippen molar-refractivity contribution in [3.63, 3.8) is 0 Å². The van der Waals surface area contributed by atoms with Gasteiger partial charge >= 0.3 is 0 Å². The van der Waals surface area contributed by atoms with Crippen LogP contribution in [0.25, 0.3) is 0 Å². The molecule has 0 N–H and O–H groups in total. The van der Waals surface area contributed by atoms with E-state index in [2.05, 4.69) is 28.7 Å². The summed E-state index contributed by atoms with van der Waals surface area (Å²) in [5.41, 5.74) is 1.12. The van der Waals surface area contributed by atoms with Gasteiger partial charge in [0.2, 0.25) is 5.88 Å². The second-order valence-electron chi connectivity index (χ2n) is 4.97. The molecule has 0 radical (unpaired) electrons. The van der Waals surface area contributed by atoms with E-state index >= 15 is 0 Å². The third-order valence-corrected chi connectivity index (χ3v) is 3.49. The Bertz CT molecular complexity index is 447. The molecule has 1 saturated carbocycles. The van der Waals surface area contributed by atoms with E-state index in [1.54, 1.807) is 13.3 Å². The van der Waals surface area contributed by atoms with Crippen molar-refractivity contribution in [1.29, 1.82) is 0 Å². The van der Waals surface area contributed by atoms with E-state index in [-0.39, 0.29) is 0 Å². The summed E-state index contributed by atoms with van der Waals surface area (Å²) in [5, 5.41) is 0. The van der Waals surface area contributed by atoms with Crippen molar-refractivity contribution >= 4 is 0 Å². The quantitative estimate of drug-likeness (QED) is 0.766. The second kappa shape index (κ2) is 6.39. The van der Waals surface area contributed by atoms with Crippen LogP contribution in [0.5, 0.6) is 5.88 Å². The smallest absolute Gasteiger partial charge is 0.217 e. The normalized spacial score (nSPS) is 23.0. The Morgan fingerprint density at radius 1 is 1.39 bits per heavy atom. The Labute approximate surface area is 109 Å². The maximum atomic E-state index is 5.48. The van der Waals surface area contributed by atoms with Crippen molar-refractivity contribution in [2.75, 3.05) is 6.61 Å². The molecule has 2 rings (SSSR count). The molecule has 1 heterocycles. The van der Waals surface area contributed by atoms with Crippen LogP contribution >= 0.6 is 0 Å². The maximum absolute atomic E-state index is 5.48. The Morgan fingerprint density at radius 2 is 2.28 bits per heavy atom. The van der Waals surface area contributed by atoms with Gasteiger partial charge in [-0.25, -0.2) is 9.97 Å². The zero-order valence-corrected chi connectivity index (χ0v) is 11.1. The van der Waals surface area contributed by atoms with Gasteiger partial charge in [-0.3, -0.25) is 0 Å². The van der Waals surface area contributed by atoms with Crippen LogP contribution in [0.1, 0.15) is 51.1 Å². The zero-order valence-electron chi connectivity index (χ0n) is 11.1. The topological polar surface area (TPSA) is 35.0 Å². The monoisotopic (exact) mass is 244 g/mol. The maximum Gasteiger partial charge on any atom is 0.217 e. The SMILES string of the molecule is CC#CCOc1cc(C2CCCC(C)C2)ncn1. The molecule has 18 heavy (non-hydrogen) atoms. The average molecular weight is 244 g/mol. The molecule has 0 saturated heterocycles. The minimum atomic E-state index is 0.397. The van der Waals surface area contributed by atoms with Gasteiger partial charge in [-0.15, -0.1) is 5.92 Å². The number of hydrogen-bond acceptors (Lipinski definition) is 3. The van der Waals surface area contributed by atoms with Crippen LogP contribution < -0.4 is 4.74 Å². The molecule has 3 heteroatoms. The zero-order chi connectivity index (χ0) is 12.8. The van der Waals surface area contributed by atoms with Crippen molar-refractivity contribution in [2.45, 2.75) is 45.4 Å². The molecular formula is C15H20N2O. The Hall–Kier alpha value is -1.56. The molecule has 1 aromatic heterocycles. The first-order valence-corrected chi connectivity index (χ1v) is 6.64. The molecule has 0 amide bonds. The molecule has 1 aliphatic rings. The molecule has 2 atom stereocenters. The highest BCUT2D eigenvalue weighted by molar-refractivity contribution is 5.18. The van der Waals surface area contributed by atoms with Crippen LogP contribution in [-0.4, -0.2) is 16.6 Å². The molecule has 1 fully saturated rings. The Morgan fingerprint density at radius 3 is 3.06 bits per heavy atom. The van der Waals surface area contributed by atoms with Crippen molar-refractivity contribution in [1.82, 2.24) is 9.97 Å². The van der Waals surface area contributed by atoms with Gasteiger partial charge in [0.1, 0.15) is 6.33 Å². The standard InChI is InChI=1S/C15H20N2O/c1-3-4-8-18-15-10-14(16-11-17-15)13-7-5-6-12(2)9-13/h10-13H,5-9H2,1-2H3. The average Bonchev–Trinajstić information content (AvgIpc) is 2.39. The van der Waals surface area contributed by atoms with Crippen molar-refractivity contribution in [3.8, 4) is 17.7 Å². The highest BCUT2D eigenvalue weighted by atomic mass is 16.5. The van der Waals surface area contributed by atoms with E-state index in [9.17, 15) is 0 Å². The molecule has 3 nitrogen and oxygen atoms in total. The van der Waals surface area contributed by atoms with Gasteiger partial charge in [0.25, 0.3) is 0 Å². The molecule has 1 aromatic rings. The molecule has 0 aliphatic heterocycles. The van der Waals surface area contributed by atoms with Crippen LogP contribution in [-0.2, 0) is 0 Å². The molecule has 0 spiro atoms. The summed E-state index contributed by atoms with van der Waals surface area (Å²) in [5.74, 6) is 7.68. The Kier molecular flexibility index (Phi) is 4.58. The minimum absolute atomic E-state index is 0.397. The summed E-state index contributed by atoms with van der Waals surface area (Å²) in [7, 11) is 0. The summed E-state index contributed by atoms with van der Waals surface area (Å²) >= 11 is 0. The van der Waals surface area contributed by atoms with Gasteiger partial charge in [0, 0.05) is 12.0 Å². The first kappa shape index (κ1) is 12.9. The molecule has 96 valence electrons. The summed E-state index contributed by atoms with van der Waals surface area (Å²) in [4.78, 5) is 8.52. The second-order valence-corrected chi connectivity index (χ2v) is 4.97. The predicted molar refractivity (Wildman–Crippen MR) is 71.4 cm³/mol. The van der Waals surface area contributed by atoms with Gasteiger partial charge in [-0.2, -0.15) is 0 Å². The summed E-state index contributed by atoms with van der Waals surface area (Å²) in [6.45, 7) is 4.52.